The summed E-state index contributed by atoms with van der Waals surface area (Å²) in [6.45, 7) is 0. The number of hydrogen-bond donors (Lipinski definition) is 1. The van der Waals surface area contributed by atoms with E-state index in [-0.39, 0.29) is 5.82 Å². The van der Waals surface area contributed by atoms with E-state index in [0.717, 1.165) is 15.7 Å². The van der Waals surface area contributed by atoms with Crippen molar-refractivity contribution in [3.8, 4) is 11.3 Å². The zero-order valence-corrected chi connectivity index (χ0v) is 14.4. The Morgan fingerprint density at radius 3 is 2.62 bits per heavy atom. The Morgan fingerprint density at radius 2 is 2.00 bits per heavy atom. The Morgan fingerprint density at radius 1 is 1.25 bits per heavy atom. The molecule has 0 fully saturated rings. The zero-order valence-electron chi connectivity index (χ0n) is 12.8. The van der Waals surface area contributed by atoms with Gasteiger partial charge in [-0.15, -0.1) is 0 Å². The number of nitrogens with one attached hydrogen (secondary N) is 1. The van der Waals surface area contributed by atoms with Gasteiger partial charge in [-0.3, -0.25) is 14.9 Å². The third-order valence-electron chi connectivity index (χ3n) is 3.38. The summed E-state index contributed by atoms with van der Waals surface area (Å²) in [5.41, 5.74) is 5.95. The Labute approximate surface area is 146 Å². The van der Waals surface area contributed by atoms with Crippen LogP contribution in [0, 0.1) is 5.82 Å². The number of carbonyl (C=O) groups is 1. The number of aryl methyl sites for hydroxylation is 1. The van der Waals surface area contributed by atoms with Crippen molar-refractivity contribution >= 4 is 33.7 Å². The first kappa shape index (κ1) is 16.2. The van der Waals surface area contributed by atoms with Gasteiger partial charge >= 0.3 is 0 Å². The third-order valence-corrected chi connectivity index (χ3v) is 3.96. The molecule has 1 heterocycles. The van der Waals surface area contributed by atoms with Crippen molar-refractivity contribution in [3.63, 3.8) is 0 Å². The van der Waals surface area contributed by atoms with Crippen LogP contribution in [0.2, 0.25) is 0 Å². The van der Waals surface area contributed by atoms with Crippen LogP contribution in [0.15, 0.2) is 59.2 Å². The number of hydrazine groups is 1. The molecule has 1 aromatic heterocycles. The van der Waals surface area contributed by atoms with Crippen LogP contribution < -0.4 is 10.4 Å². The first-order valence-corrected chi connectivity index (χ1v) is 7.92. The van der Waals surface area contributed by atoms with E-state index >= 15 is 0 Å². The molecule has 5 nitrogen and oxygen atoms in total. The molecule has 24 heavy (non-hydrogen) atoms. The molecule has 0 aliphatic rings. The number of carbonyl (C=O) groups excluding carboxylic acids is 1. The highest BCUT2D eigenvalue weighted by atomic mass is 79.9. The number of hydrogen-bond acceptors (Lipinski definition) is 3. The highest BCUT2D eigenvalue weighted by Gasteiger charge is 2.10. The van der Waals surface area contributed by atoms with E-state index in [9.17, 15) is 9.18 Å². The molecule has 0 aliphatic carbocycles. The maximum Gasteiger partial charge on any atom is 0.232 e. The second-order valence-corrected chi connectivity index (χ2v) is 6.00. The van der Waals surface area contributed by atoms with Gasteiger partial charge in [0, 0.05) is 18.8 Å². The second kappa shape index (κ2) is 6.84. The molecule has 0 radical (unpaired) electrons. The monoisotopic (exact) mass is 388 g/mol. The van der Waals surface area contributed by atoms with Crippen molar-refractivity contribution in [2.75, 3.05) is 10.4 Å². The van der Waals surface area contributed by atoms with E-state index in [4.69, 9.17) is 0 Å². The lowest BCUT2D eigenvalue weighted by atomic mass is 10.1. The highest BCUT2D eigenvalue weighted by molar-refractivity contribution is 9.10. The van der Waals surface area contributed by atoms with Crippen LogP contribution in [-0.2, 0) is 11.8 Å². The van der Waals surface area contributed by atoms with E-state index in [1.807, 2.05) is 37.5 Å². The summed E-state index contributed by atoms with van der Waals surface area (Å²) in [6, 6.07) is 13.2. The molecule has 0 bridgehead atoms. The van der Waals surface area contributed by atoms with Crippen molar-refractivity contribution in [2.45, 2.75) is 0 Å². The lowest BCUT2D eigenvalue weighted by Crippen LogP contribution is -2.27. The molecule has 122 valence electrons. The van der Waals surface area contributed by atoms with Crippen LogP contribution >= 0.6 is 15.9 Å². The summed E-state index contributed by atoms with van der Waals surface area (Å²) in [5.74, 6) is -0.355. The van der Waals surface area contributed by atoms with Gasteiger partial charge in [-0.05, 0) is 52.3 Å². The predicted molar refractivity (Wildman–Crippen MR) is 94.9 cm³/mol. The summed E-state index contributed by atoms with van der Waals surface area (Å²) in [5, 5.41) is 5.69. The van der Waals surface area contributed by atoms with Crippen molar-refractivity contribution in [3.05, 3.63) is 65.0 Å². The van der Waals surface area contributed by atoms with Crippen LogP contribution in [0.5, 0.6) is 0 Å². The van der Waals surface area contributed by atoms with Crippen LogP contribution in [0.4, 0.5) is 15.8 Å². The number of aromatic nitrogens is 2. The number of anilines is 2. The van der Waals surface area contributed by atoms with E-state index in [1.54, 1.807) is 4.68 Å². The first-order chi connectivity index (χ1) is 11.6. The standard InChI is InChI=1S/C17H14BrFN4O/c1-22-10-16(18)17(21-22)12-3-2-4-14(9-12)20-23(11-24)15-7-5-13(19)6-8-15/h2-11,20H,1H3. The van der Waals surface area contributed by atoms with E-state index in [2.05, 4.69) is 26.5 Å². The minimum atomic E-state index is -0.355. The van der Waals surface area contributed by atoms with Crippen molar-refractivity contribution in [1.29, 1.82) is 0 Å². The first-order valence-electron chi connectivity index (χ1n) is 7.13. The van der Waals surface area contributed by atoms with E-state index in [1.165, 1.54) is 29.3 Å². The topological polar surface area (TPSA) is 50.2 Å². The fraction of sp³-hybridized carbons (Fsp3) is 0.0588. The maximum absolute atomic E-state index is 13.0. The van der Waals surface area contributed by atoms with Gasteiger partial charge in [-0.2, -0.15) is 5.10 Å². The van der Waals surface area contributed by atoms with Crippen LogP contribution in [0.1, 0.15) is 0 Å². The fourth-order valence-electron chi connectivity index (χ4n) is 2.28. The number of benzene rings is 2. The molecule has 0 unspecified atom stereocenters. The lowest BCUT2D eigenvalue weighted by Gasteiger charge is -2.20. The molecular formula is C17H14BrFN4O. The van der Waals surface area contributed by atoms with Gasteiger partial charge in [0.15, 0.2) is 0 Å². The Kier molecular flexibility index (Phi) is 4.61. The highest BCUT2D eigenvalue weighted by Crippen LogP contribution is 2.28. The minimum Gasteiger partial charge on any atom is -0.292 e. The quantitative estimate of drug-likeness (QED) is 0.531. The average molecular weight is 389 g/mol. The molecule has 0 saturated heterocycles. The van der Waals surface area contributed by atoms with Crippen LogP contribution in [0.3, 0.4) is 0 Å². The van der Waals surface area contributed by atoms with Gasteiger partial charge < -0.3 is 0 Å². The van der Waals surface area contributed by atoms with Gasteiger partial charge in [0.1, 0.15) is 11.5 Å². The summed E-state index contributed by atoms with van der Waals surface area (Å²) in [6.07, 6.45) is 2.50. The number of nitrogens with zero attached hydrogens (tertiary/aromatic N) is 3. The summed E-state index contributed by atoms with van der Waals surface area (Å²) < 4.78 is 15.6. The molecule has 0 saturated carbocycles. The molecule has 2 aromatic carbocycles. The Balaban J connectivity index is 1.87. The molecule has 7 heteroatoms. The van der Waals surface area contributed by atoms with Gasteiger partial charge in [-0.1, -0.05) is 12.1 Å². The fourth-order valence-corrected chi connectivity index (χ4v) is 2.89. The Bertz CT molecular complexity index is 863. The molecule has 1 N–H and O–H groups in total. The number of rotatable bonds is 5. The Hall–Kier alpha value is -2.67. The van der Waals surface area contributed by atoms with E-state index < -0.39 is 0 Å². The molecule has 3 aromatic rings. The SMILES string of the molecule is Cn1cc(Br)c(-c2cccc(NN(C=O)c3ccc(F)cc3)c2)n1. The van der Waals surface area contributed by atoms with Crippen molar-refractivity contribution < 1.29 is 9.18 Å². The van der Waals surface area contributed by atoms with Gasteiger partial charge in [0.25, 0.3) is 0 Å². The summed E-state index contributed by atoms with van der Waals surface area (Å²) >= 11 is 3.48. The molecular weight excluding hydrogens is 375 g/mol. The van der Waals surface area contributed by atoms with Crippen molar-refractivity contribution in [2.24, 2.45) is 7.05 Å². The molecule has 0 atom stereocenters. The molecule has 1 amide bonds. The smallest absolute Gasteiger partial charge is 0.232 e. The van der Waals surface area contributed by atoms with Gasteiger partial charge in [0.05, 0.1) is 15.8 Å². The summed E-state index contributed by atoms with van der Waals surface area (Å²) in [4.78, 5) is 11.4. The lowest BCUT2D eigenvalue weighted by molar-refractivity contribution is -0.107. The third kappa shape index (κ3) is 3.46. The normalized spacial score (nSPS) is 10.5. The van der Waals surface area contributed by atoms with Gasteiger partial charge in [0.2, 0.25) is 6.41 Å². The molecule has 3 rings (SSSR count). The second-order valence-electron chi connectivity index (χ2n) is 5.14. The predicted octanol–water partition coefficient (Wildman–Crippen LogP) is 3.98. The number of halogens is 2. The molecule has 0 spiro atoms. The average Bonchev–Trinajstić information content (AvgIpc) is 2.92. The largest absolute Gasteiger partial charge is 0.292 e. The maximum atomic E-state index is 13.0. The van der Waals surface area contributed by atoms with E-state index in [0.29, 0.717) is 17.8 Å². The summed E-state index contributed by atoms with van der Waals surface area (Å²) in [7, 11) is 1.85. The van der Waals surface area contributed by atoms with Crippen LogP contribution in [0.25, 0.3) is 11.3 Å². The van der Waals surface area contributed by atoms with Gasteiger partial charge in [-0.25, -0.2) is 9.40 Å². The zero-order chi connectivity index (χ0) is 17.1. The van der Waals surface area contributed by atoms with Crippen LogP contribution in [-0.4, -0.2) is 16.2 Å². The minimum absolute atomic E-state index is 0.355. The van der Waals surface area contributed by atoms with Crippen molar-refractivity contribution in [1.82, 2.24) is 9.78 Å². The number of amides is 1. The molecule has 0 aliphatic heterocycles.